The second kappa shape index (κ2) is 15.0. The minimum absolute atomic E-state index is 0.0955. The highest BCUT2D eigenvalue weighted by atomic mass is 79.9. The van der Waals surface area contributed by atoms with Gasteiger partial charge in [-0.05, 0) is 75.6 Å². The average molecular weight is 663 g/mol. The summed E-state index contributed by atoms with van der Waals surface area (Å²) >= 11 is 4.87. The highest BCUT2D eigenvalue weighted by molar-refractivity contribution is 9.10. The standard InChI is InChI=1S/C36H28BrN3O3S/c37-30-21-10-11-22-31(30)39-36(43)33(26-15-6-2-7-16-26)44-29-20-12-19-28(24-29)38-35(42)32(23-25-13-4-1-5-14-25)40-34(41)27-17-8-3-9-18-27/h1-24,33H,(H,38,42)(H,39,43)(H,40,41)/b32-23-. The van der Waals surface area contributed by atoms with Gasteiger partial charge in [-0.1, -0.05) is 97.1 Å². The first-order valence-electron chi connectivity index (χ1n) is 13.8. The number of rotatable bonds is 10. The van der Waals surface area contributed by atoms with E-state index in [1.54, 1.807) is 36.4 Å². The average Bonchev–Trinajstić information content (AvgIpc) is 3.06. The van der Waals surface area contributed by atoms with Crippen molar-refractivity contribution in [3.8, 4) is 0 Å². The fourth-order valence-corrected chi connectivity index (χ4v) is 5.77. The number of halogens is 1. The Morgan fingerprint density at radius 2 is 1.32 bits per heavy atom. The third-order valence-corrected chi connectivity index (χ3v) is 8.40. The Morgan fingerprint density at radius 1 is 0.682 bits per heavy atom. The lowest BCUT2D eigenvalue weighted by Crippen LogP contribution is -2.30. The Hall–Kier alpha value is -4.92. The van der Waals surface area contributed by atoms with Crippen molar-refractivity contribution >= 4 is 62.9 Å². The van der Waals surface area contributed by atoms with Gasteiger partial charge < -0.3 is 16.0 Å². The Morgan fingerprint density at radius 3 is 2.02 bits per heavy atom. The molecule has 5 aromatic carbocycles. The highest BCUT2D eigenvalue weighted by Crippen LogP contribution is 2.37. The molecule has 0 radical (unpaired) electrons. The van der Waals surface area contributed by atoms with Gasteiger partial charge in [-0.2, -0.15) is 0 Å². The van der Waals surface area contributed by atoms with Gasteiger partial charge >= 0.3 is 0 Å². The molecule has 44 heavy (non-hydrogen) atoms. The highest BCUT2D eigenvalue weighted by Gasteiger charge is 2.23. The number of thioether (sulfide) groups is 1. The predicted octanol–water partition coefficient (Wildman–Crippen LogP) is 8.33. The molecule has 0 saturated heterocycles. The van der Waals surface area contributed by atoms with Crippen LogP contribution in [0.2, 0.25) is 0 Å². The topological polar surface area (TPSA) is 87.3 Å². The Bertz CT molecular complexity index is 1780. The molecule has 0 saturated carbocycles. The molecule has 0 heterocycles. The normalized spacial score (nSPS) is 11.7. The second-order valence-electron chi connectivity index (χ2n) is 9.65. The number of nitrogens with one attached hydrogen (secondary N) is 3. The molecular weight excluding hydrogens is 634 g/mol. The molecule has 0 spiro atoms. The summed E-state index contributed by atoms with van der Waals surface area (Å²) in [4.78, 5) is 40.8. The maximum Gasteiger partial charge on any atom is 0.272 e. The molecule has 8 heteroatoms. The van der Waals surface area contributed by atoms with E-state index in [9.17, 15) is 14.4 Å². The van der Waals surface area contributed by atoms with Crippen LogP contribution in [0, 0.1) is 0 Å². The van der Waals surface area contributed by atoms with Crippen molar-refractivity contribution in [2.45, 2.75) is 10.1 Å². The summed E-state index contributed by atoms with van der Waals surface area (Å²) in [6.07, 6.45) is 1.63. The zero-order chi connectivity index (χ0) is 30.7. The first-order valence-corrected chi connectivity index (χ1v) is 15.4. The minimum Gasteiger partial charge on any atom is -0.324 e. The van der Waals surface area contributed by atoms with Crippen molar-refractivity contribution in [3.05, 3.63) is 166 Å². The molecule has 0 fully saturated rings. The molecule has 0 aromatic heterocycles. The molecule has 1 unspecified atom stereocenters. The Kier molecular flexibility index (Phi) is 10.4. The number of benzene rings is 5. The summed E-state index contributed by atoms with van der Waals surface area (Å²) in [5.41, 5.74) is 3.33. The fraction of sp³-hybridized carbons (Fsp3) is 0.0278. The third-order valence-electron chi connectivity index (χ3n) is 6.46. The molecule has 1 atom stereocenters. The van der Waals surface area contributed by atoms with Crippen LogP contribution in [0.15, 0.2) is 155 Å². The van der Waals surface area contributed by atoms with Crippen LogP contribution in [0.5, 0.6) is 0 Å². The summed E-state index contributed by atoms with van der Waals surface area (Å²) in [6.45, 7) is 0. The van der Waals surface area contributed by atoms with Crippen LogP contribution in [0.4, 0.5) is 11.4 Å². The van der Waals surface area contributed by atoms with E-state index in [1.807, 2.05) is 109 Å². The zero-order valence-corrected chi connectivity index (χ0v) is 25.8. The van der Waals surface area contributed by atoms with Crippen LogP contribution < -0.4 is 16.0 Å². The molecular formula is C36H28BrN3O3S. The quantitative estimate of drug-likeness (QED) is 0.104. The van der Waals surface area contributed by atoms with E-state index >= 15 is 0 Å². The summed E-state index contributed by atoms with van der Waals surface area (Å²) < 4.78 is 0.786. The van der Waals surface area contributed by atoms with Gasteiger partial charge in [-0.15, -0.1) is 11.8 Å². The van der Waals surface area contributed by atoms with E-state index in [4.69, 9.17) is 0 Å². The summed E-state index contributed by atoms with van der Waals surface area (Å²) in [5.74, 6) is -1.06. The van der Waals surface area contributed by atoms with Crippen LogP contribution in [0.3, 0.4) is 0 Å². The number of amides is 3. The molecule has 5 aromatic rings. The van der Waals surface area contributed by atoms with Gasteiger partial charge in [0.25, 0.3) is 11.8 Å². The Balaban J connectivity index is 1.37. The maximum absolute atomic E-state index is 13.5. The van der Waals surface area contributed by atoms with E-state index in [0.29, 0.717) is 16.9 Å². The van der Waals surface area contributed by atoms with Crippen molar-refractivity contribution in [2.24, 2.45) is 0 Å². The van der Waals surface area contributed by atoms with Crippen molar-refractivity contribution in [2.75, 3.05) is 10.6 Å². The van der Waals surface area contributed by atoms with E-state index in [2.05, 4.69) is 31.9 Å². The van der Waals surface area contributed by atoms with Crippen LogP contribution in [-0.2, 0) is 9.59 Å². The molecule has 3 N–H and O–H groups in total. The molecule has 6 nitrogen and oxygen atoms in total. The smallest absolute Gasteiger partial charge is 0.272 e. The van der Waals surface area contributed by atoms with Gasteiger partial charge in [0.2, 0.25) is 5.91 Å². The van der Waals surface area contributed by atoms with Gasteiger partial charge in [0.05, 0.1) is 5.69 Å². The lowest BCUT2D eigenvalue weighted by molar-refractivity contribution is -0.116. The van der Waals surface area contributed by atoms with Crippen LogP contribution in [0.1, 0.15) is 26.7 Å². The molecule has 3 amide bonds. The van der Waals surface area contributed by atoms with Crippen molar-refractivity contribution < 1.29 is 14.4 Å². The summed E-state index contributed by atoms with van der Waals surface area (Å²) in [6, 6.07) is 42.3. The van der Waals surface area contributed by atoms with E-state index in [1.165, 1.54) is 11.8 Å². The van der Waals surface area contributed by atoms with Gasteiger partial charge in [-0.3, -0.25) is 14.4 Å². The van der Waals surface area contributed by atoms with Crippen molar-refractivity contribution in [1.82, 2.24) is 5.32 Å². The summed E-state index contributed by atoms with van der Waals surface area (Å²) in [5, 5.41) is 8.13. The zero-order valence-electron chi connectivity index (χ0n) is 23.4. The summed E-state index contributed by atoms with van der Waals surface area (Å²) in [7, 11) is 0. The minimum atomic E-state index is -0.562. The molecule has 0 aliphatic rings. The van der Waals surface area contributed by atoms with E-state index in [-0.39, 0.29) is 11.6 Å². The van der Waals surface area contributed by atoms with Gasteiger partial charge in [0.1, 0.15) is 10.9 Å². The van der Waals surface area contributed by atoms with Gasteiger partial charge in [-0.25, -0.2) is 0 Å². The largest absolute Gasteiger partial charge is 0.324 e. The van der Waals surface area contributed by atoms with Gasteiger partial charge in [0.15, 0.2) is 0 Å². The number of hydrogen-bond acceptors (Lipinski definition) is 4. The van der Waals surface area contributed by atoms with E-state index < -0.39 is 17.1 Å². The Labute approximate surface area is 268 Å². The van der Waals surface area contributed by atoms with E-state index in [0.717, 1.165) is 20.5 Å². The molecule has 0 bridgehead atoms. The third kappa shape index (κ3) is 8.34. The monoisotopic (exact) mass is 661 g/mol. The molecule has 0 aliphatic carbocycles. The predicted molar refractivity (Wildman–Crippen MR) is 181 cm³/mol. The maximum atomic E-state index is 13.5. The van der Waals surface area contributed by atoms with Crippen molar-refractivity contribution in [1.29, 1.82) is 0 Å². The SMILES string of the molecule is O=C(Nc1cccc(SC(C(=O)Nc2ccccc2Br)c2ccccc2)c1)/C(=C/c1ccccc1)NC(=O)c1ccccc1. The fourth-order valence-electron chi connectivity index (χ4n) is 4.30. The van der Waals surface area contributed by atoms with Crippen LogP contribution >= 0.6 is 27.7 Å². The number of para-hydroxylation sites is 1. The molecule has 0 aliphatic heterocycles. The first kappa shape index (κ1) is 30.5. The van der Waals surface area contributed by atoms with Gasteiger partial charge in [0, 0.05) is 20.6 Å². The second-order valence-corrected chi connectivity index (χ2v) is 11.7. The first-order chi connectivity index (χ1) is 21.5. The number of anilines is 2. The number of hydrogen-bond donors (Lipinski definition) is 3. The number of carbonyl (C=O) groups excluding carboxylic acids is 3. The number of carbonyl (C=O) groups is 3. The van der Waals surface area contributed by atoms with Crippen LogP contribution in [0.25, 0.3) is 6.08 Å². The lowest BCUT2D eigenvalue weighted by Gasteiger charge is -2.18. The molecule has 5 rings (SSSR count). The van der Waals surface area contributed by atoms with Crippen LogP contribution in [-0.4, -0.2) is 17.7 Å². The lowest BCUT2D eigenvalue weighted by atomic mass is 10.1. The molecule has 218 valence electrons. The van der Waals surface area contributed by atoms with Crippen molar-refractivity contribution in [3.63, 3.8) is 0 Å².